The minimum atomic E-state index is -4.36. The Bertz CT molecular complexity index is 505. The Kier molecular flexibility index (Phi) is 8.33. The number of ether oxygens (including phenoxy) is 1. The summed E-state index contributed by atoms with van der Waals surface area (Å²) in [7, 11) is 1.41. The molecule has 1 aromatic carbocycles. The number of unbranched alkanes of at least 4 members (excludes halogenated alkanes) is 1. The quantitative estimate of drug-likeness (QED) is 0.813. The van der Waals surface area contributed by atoms with E-state index in [2.05, 4.69) is 17.1 Å². The number of methoxy groups -OCH3 is 1. The van der Waals surface area contributed by atoms with Gasteiger partial charge in [-0.15, -0.1) is 12.4 Å². The van der Waals surface area contributed by atoms with Crippen LogP contribution in [0, 0.1) is 0 Å². The molecule has 1 aliphatic rings. The Balaban J connectivity index is 0.00000288. The molecule has 7 heteroatoms. The van der Waals surface area contributed by atoms with E-state index in [1.807, 2.05) is 0 Å². The molecule has 0 bridgehead atoms. The summed E-state index contributed by atoms with van der Waals surface area (Å²) in [5.41, 5.74) is 0.0653. The molecule has 0 aliphatic carbocycles. The molecule has 0 spiro atoms. The fraction of sp³-hybridized carbons (Fsp3) is 0.647. The Morgan fingerprint density at radius 2 is 1.88 bits per heavy atom. The number of hydrogen-bond acceptors (Lipinski definition) is 3. The zero-order chi connectivity index (χ0) is 16.9. The summed E-state index contributed by atoms with van der Waals surface area (Å²) in [5, 5.41) is 3.29. The topological polar surface area (TPSA) is 24.5 Å². The molecule has 1 saturated heterocycles. The van der Waals surface area contributed by atoms with Crippen LogP contribution >= 0.6 is 12.4 Å². The third-order valence-electron chi connectivity index (χ3n) is 4.30. The van der Waals surface area contributed by atoms with Crippen molar-refractivity contribution in [2.24, 2.45) is 0 Å². The predicted octanol–water partition coefficient (Wildman–Crippen LogP) is 4.27. The van der Waals surface area contributed by atoms with Gasteiger partial charge in [-0.2, -0.15) is 13.2 Å². The van der Waals surface area contributed by atoms with Crippen molar-refractivity contribution >= 4 is 12.4 Å². The molecule has 0 radical (unpaired) electrons. The van der Waals surface area contributed by atoms with Gasteiger partial charge in [-0.3, -0.25) is 4.90 Å². The number of nitrogens with one attached hydrogen (secondary N) is 1. The van der Waals surface area contributed by atoms with E-state index < -0.39 is 11.7 Å². The number of hydrogen-bond donors (Lipinski definition) is 1. The zero-order valence-electron chi connectivity index (χ0n) is 14.2. The van der Waals surface area contributed by atoms with E-state index in [1.165, 1.54) is 13.2 Å². The monoisotopic (exact) mass is 366 g/mol. The summed E-state index contributed by atoms with van der Waals surface area (Å²) >= 11 is 0. The molecule has 0 amide bonds. The lowest BCUT2D eigenvalue weighted by Crippen LogP contribution is -2.45. The van der Waals surface area contributed by atoms with Gasteiger partial charge in [0, 0.05) is 32.2 Å². The van der Waals surface area contributed by atoms with Crippen molar-refractivity contribution in [3.05, 3.63) is 29.3 Å². The van der Waals surface area contributed by atoms with Crippen LogP contribution < -0.4 is 10.1 Å². The lowest BCUT2D eigenvalue weighted by Gasteiger charge is -2.35. The molecule has 0 unspecified atom stereocenters. The van der Waals surface area contributed by atoms with Crippen LogP contribution in [0.25, 0.3) is 0 Å². The minimum absolute atomic E-state index is 0. The van der Waals surface area contributed by atoms with Crippen LogP contribution in [0.2, 0.25) is 0 Å². The average Bonchev–Trinajstić information content (AvgIpc) is 2.55. The molecule has 1 atom stereocenters. The fourth-order valence-corrected chi connectivity index (χ4v) is 3.05. The maximum atomic E-state index is 13.2. The second-order valence-corrected chi connectivity index (χ2v) is 5.94. The van der Waals surface area contributed by atoms with Gasteiger partial charge in [-0.05, 0) is 30.2 Å². The zero-order valence-corrected chi connectivity index (χ0v) is 15.0. The molecule has 24 heavy (non-hydrogen) atoms. The first-order chi connectivity index (χ1) is 11.0. The van der Waals surface area contributed by atoms with E-state index in [4.69, 9.17) is 4.74 Å². The average molecular weight is 367 g/mol. The third-order valence-corrected chi connectivity index (χ3v) is 4.30. The number of alkyl halides is 3. The van der Waals surface area contributed by atoms with Crippen LogP contribution in [0.5, 0.6) is 5.75 Å². The van der Waals surface area contributed by atoms with E-state index in [9.17, 15) is 13.2 Å². The largest absolute Gasteiger partial charge is 0.497 e. The van der Waals surface area contributed by atoms with Gasteiger partial charge in [0.1, 0.15) is 5.75 Å². The van der Waals surface area contributed by atoms with E-state index in [0.29, 0.717) is 5.56 Å². The van der Waals surface area contributed by atoms with Crippen molar-refractivity contribution in [1.29, 1.82) is 0 Å². The number of rotatable bonds is 6. The van der Waals surface area contributed by atoms with Crippen LogP contribution in [0.4, 0.5) is 13.2 Å². The van der Waals surface area contributed by atoms with Gasteiger partial charge < -0.3 is 10.1 Å². The minimum Gasteiger partial charge on any atom is -0.497 e. The Labute approximate surface area is 148 Å². The van der Waals surface area contributed by atoms with Gasteiger partial charge in [0.2, 0.25) is 0 Å². The second-order valence-electron chi connectivity index (χ2n) is 5.94. The first kappa shape index (κ1) is 21.1. The molecule has 1 N–H and O–H groups in total. The maximum Gasteiger partial charge on any atom is 0.416 e. The molecular weight excluding hydrogens is 341 g/mol. The number of piperazine rings is 1. The van der Waals surface area contributed by atoms with Crippen LogP contribution in [0.15, 0.2) is 18.2 Å². The smallest absolute Gasteiger partial charge is 0.416 e. The normalized spacial score (nSPS) is 17.2. The SMILES string of the molecule is CCCC[C@H](c1cc(OC)cc(C(F)(F)F)c1)N1CCNCC1.Cl. The molecule has 3 nitrogen and oxygen atoms in total. The van der Waals surface area contributed by atoms with Crippen LogP contribution in [0.1, 0.15) is 43.4 Å². The summed E-state index contributed by atoms with van der Waals surface area (Å²) in [6.45, 7) is 5.55. The molecule has 1 fully saturated rings. The first-order valence-corrected chi connectivity index (χ1v) is 8.16. The van der Waals surface area contributed by atoms with Gasteiger partial charge in [0.05, 0.1) is 12.7 Å². The highest BCUT2D eigenvalue weighted by molar-refractivity contribution is 5.85. The van der Waals surface area contributed by atoms with Crippen LogP contribution in [-0.4, -0.2) is 38.2 Å². The fourth-order valence-electron chi connectivity index (χ4n) is 3.05. The molecule has 1 aliphatic heterocycles. The number of halogens is 4. The van der Waals surface area contributed by atoms with Crippen molar-refractivity contribution in [3.8, 4) is 5.75 Å². The summed E-state index contributed by atoms with van der Waals surface area (Å²) in [6.07, 6.45) is -1.48. The summed E-state index contributed by atoms with van der Waals surface area (Å²) in [4.78, 5) is 2.28. The highest BCUT2D eigenvalue weighted by atomic mass is 35.5. The second kappa shape index (κ2) is 9.49. The van der Waals surface area contributed by atoms with Gasteiger partial charge in [0.15, 0.2) is 0 Å². The molecule has 0 aromatic heterocycles. The Hall–Kier alpha value is -0.980. The van der Waals surface area contributed by atoms with E-state index in [1.54, 1.807) is 6.07 Å². The summed E-state index contributed by atoms with van der Waals surface area (Å²) in [6, 6.07) is 4.11. The van der Waals surface area contributed by atoms with E-state index in [0.717, 1.165) is 51.5 Å². The number of nitrogens with zero attached hydrogens (tertiary/aromatic N) is 1. The third kappa shape index (κ3) is 5.53. The van der Waals surface area contributed by atoms with Crippen molar-refractivity contribution in [1.82, 2.24) is 10.2 Å². The molecule has 1 heterocycles. The van der Waals surface area contributed by atoms with E-state index >= 15 is 0 Å². The highest BCUT2D eigenvalue weighted by Gasteiger charge is 2.33. The molecule has 1 aromatic rings. The predicted molar refractivity (Wildman–Crippen MR) is 92.0 cm³/mol. The Morgan fingerprint density at radius 1 is 1.21 bits per heavy atom. The van der Waals surface area contributed by atoms with Gasteiger partial charge in [-0.25, -0.2) is 0 Å². The standard InChI is InChI=1S/C17H25F3N2O.ClH/c1-3-4-5-16(22-8-6-21-7-9-22)13-10-14(17(18,19)20)12-15(11-13)23-2;/h10-12,16,21H,3-9H2,1-2H3;1H/t16-;/m1./s1. The molecule has 138 valence electrons. The Morgan fingerprint density at radius 3 is 2.42 bits per heavy atom. The van der Waals surface area contributed by atoms with Crippen LogP contribution in [0.3, 0.4) is 0 Å². The van der Waals surface area contributed by atoms with Crippen molar-refractivity contribution in [2.75, 3.05) is 33.3 Å². The van der Waals surface area contributed by atoms with Crippen molar-refractivity contribution in [3.63, 3.8) is 0 Å². The molecule has 0 saturated carbocycles. The summed E-state index contributed by atoms with van der Waals surface area (Å²) < 4.78 is 44.6. The summed E-state index contributed by atoms with van der Waals surface area (Å²) in [5.74, 6) is 0.270. The van der Waals surface area contributed by atoms with Crippen LogP contribution in [-0.2, 0) is 6.18 Å². The highest BCUT2D eigenvalue weighted by Crippen LogP contribution is 2.36. The molecular formula is C17H26ClF3N2O. The van der Waals surface area contributed by atoms with Gasteiger partial charge in [-0.1, -0.05) is 19.8 Å². The lowest BCUT2D eigenvalue weighted by molar-refractivity contribution is -0.137. The van der Waals surface area contributed by atoms with Crippen molar-refractivity contribution < 1.29 is 17.9 Å². The first-order valence-electron chi connectivity index (χ1n) is 8.16. The van der Waals surface area contributed by atoms with Gasteiger partial charge in [0.25, 0.3) is 0 Å². The number of benzene rings is 1. The lowest BCUT2D eigenvalue weighted by atomic mass is 9.96. The van der Waals surface area contributed by atoms with E-state index in [-0.39, 0.29) is 24.2 Å². The van der Waals surface area contributed by atoms with Gasteiger partial charge >= 0.3 is 6.18 Å². The molecule has 2 rings (SSSR count). The van der Waals surface area contributed by atoms with Crippen molar-refractivity contribution in [2.45, 2.75) is 38.4 Å². The maximum absolute atomic E-state index is 13.2.